The van der Waals surface area contributed by atoms with Gasteiger partial charge in [-0.2, -0.15) is 9.36 Å². The van der Waals surface area contributed by atoms with Crippen molar-refractivity contribution >= 4 is 69.7 Å². The Labute approximate surface area is 208 Å². The molecule has 2 aliphatic rings. The number of hydrogen-bond acceptors (Lipinski definition) is 15. The van der Waals surface area contributed by atoms with Gasteiger partial charge in [-0.1, -0.05) is 11.8 Å². The molecule has 0 radical (unpaired) electrons. The summed E-state index contributed by atoms with van der Waals surface area (Å²) in [4.78, 5) is 61.1. The third-order valence-electron chi connectivity index (χ3n) is 4.75. The van der Waals surface area contributed by atoms with Gasteiger partial charge < -0.3 is 27.6 Å². The molecule has 1 saturated heterocycles. The zero-order chi connectivity index (χ0) is 25.3. The Morgan fingerprint density at radius 2 is 2.09 bits per heavy atom. The first-order valence-corrected chi connectivity index (χ1v) is 12.3. The van der Waals surface area contributed by atoms with Crippen molar-refractivity contribution in [3.8, 4) is 0 Å². The number of nitroso groups, excluding NO2 is 1. The van der Waals surface area contributed by atoms with Crippen LogP contribution in [0.5, 0.6) is 0 Å². The average Bonchev–Trinajstić information content (AvgIpc) is 3.22. The number of allylic oxidation sites excluding steroid dienone is 1. The average molecular weight is 537 g/mol. The fourth-order valence-electron chi connectivity index (χ4n) is 3.28. The SMILES string of the molecule is Nc1cc(SC=CC2=C(C(=O)O)N3C(=O)[C@@H](NC(=O)C(N=O)c4nsc(N)n4)[C@H]3SC2)nc(N)n1. The molecule has 2 aliphatic heterocycles. The first-order valence-electron chi connectivity index (χ1n) is 9.56. The van der Waals surface area contributed by atoms with E-state index in [0.717, 1.165) is 28.2 Å². The van der Waals surface area contributed by atoms with Gasteiger partial charge in [-0.25, -0.2) is 14.8 Å². The summed E-state index contributed by atoms with van der Waals surface area (Å²) in [6, 6.07) is -1.13. The predicted molar refractivity (Wildman–Crippen MR) is 128 cm³/mol. The van der Waals surface area contributed by atoms with Gasteiger partial charge in [-0.15, -0.1) is 16.7 Å². The molecule has 8 N–H and O–H groups in total. The van der Waals surface area contributed by atoms with Crippen molar-refractivity contribution in [2.24, 2.45) is 5.18 Å². The topological polar surface area (TPSA) is 246 Å². The Bertz CT molecular complexity index is 1260. The van der Waals surface area contributed by atoms with Gasteiger partial charge in [0, 0.05) is 23.4 Å². The molecular formula is C17H16N10O5S3. The number of aliphatic carboxylic acids is 1. The molecule has 182 valence electrons. The molecule has 0 aromatic carbocycles. The Hall–Kier alpha value is -3.77. The van der Waals surface area contributed by atoms with E-state index in [-0.39, 0.29) is 34.2 Å². The fourth-order valence-corrected chi connectivity index (χ4v) is 5.77. The maximum absolute atomic E-state index is 12.8. The molecule has 0 spiro atoms. The number of carbonyl (C=O) groups is 3. The van der Waals surface area contributed by atoms with Crippen molar-refractivity contribution in [2.75, 3.05) is 23.0 Å². The quantitative estimate of drug-likeness (QED) is 0.128. The summed E-state index contributed by atoms with van der Waals surface area (Å²) in [5.41, 5.74) is 16.8. The number of nitrogens with zero attached hydrogens (tertiary/aromatic N) is 6. The van der Waals surface area contributed by atoms with Crippen LogP contribution in [0.4, 0.5) is 16.9 Å². The maximum Gasteiger partial charge on any atom is 0.352 e. The number of carboxylic acids is 1. The molecule has 0 bridgehead atoms. The molecule has 4 rings (SSSR count). The largest absolute Gasteiger partial charge is 0.477 e. The van der Waals surface area contributed by atoms with Gasteiger partial charge in [0.25, 0.3) is 11.8 Å². The second-order valence-corrected chi connectivity index (χ2v) is 9.80. The number of nitrogens with one attached hydrogen (secondary N) is 1. The molecule has 1 fully saturated rings. The Morgan fingerprint density at radius 1 is 1.31 bits per heavy atom. The summed E-state index contributed by atoms with van der Waals surface area (Å²) in [6.45, 7) is 0. The standard InChI is InChI=1S/C17H16N10O5S3/c18-6-3-7(22-16(19)21-6)33-2-1-5-4-34-14-9(13(29)27(14)10(5)15(30)31)23-12(28)8(25-32)11-24-17(20)35-26-11/h1-3,8-9,14H,4H2,(H,23,28)(H,30,31)(H2,20,24,26)(H4,18,19,21,22)/t8?,9-,14-/m1/s1. The molecular weight excluding hydrogens is 520 g/mol. The van der Waals surface area contributed by atoms with Gasteiger partial charge in [0.15, 0.2) is 11.0 Å². The highest BCUT2D eigenvalue weighted by Gasteiger charge is 2.54. The summed E-state index contributed by atoms with van der Waals surface area (Å²) in [5, 5.41) is 16.4. The van der Waals surface area contributed by atoms with Gasteiger partial charge in [-0.05, 0) is 22.2 Å². The molecule has 4 heterocycles. The number of β-lactam (4-membered cyclic amide) rings is 1. The molecule has 15 nitrogen and oxygen atoms in total. The van der Waals surface area contributed by atoms with Crippen molar-refractivity contribution < 1.29 is 19.5 Å². The molecule has 2 aromatic rings. The molecule has 2 amide bonds. The number of thioether (sulfide) groups is 2. The number of anilines is 3. The van der Waals surface area contributed by atoms with Crippen LogP contribution in [0, 0.1) is 4.91 Å². The minimum absolute atomic E-state index is 0.00251. The van der Waals surface area contributed by atoms with E-state index < -0.39 is 35.2 Å². The lowest BCUT2D eigenvalue weighted by Crippen LogP contribution is -2.70. The number of nitrogens with two attached hydrogens (primary N) is 3. The van der Waals surface area contributed by atoms with Crippen LogP contribution in [0.3, 0.4) is 0 Å². The normalized spacial score (nSPS) is 20.3. The molecule has 0 aliphatic carbocycles. The van der Waals surface area contributed by atoms with E-state index in [1.54, 1.807) is 11.5 Å². The summed E-state index contributed by atoms with van der Waals surface area (Å²) >= 11 is 3.19. The van der Waals surface area contributed by atoms with E-state index in [1.165, 1.54) is 17.8 Å². The van der Waals surface area contributed by atoms with E-state index in [2.05, 4.69) is 29.8 Å². The van der Waals surface area contributed by atoms with Gasteiger partial charge in [0.1, 0.15) is 28.0 Å². The molecule has 0 saturated carbocycles. The van der Waals surface area contributed by atoms with Crippen molar-refractivity contribution in [2.45, 2.75) is 22.5 Å². The minimum atomic E-state index is -1.59. The van der Waals surface area contributed by atoms with E-state index in [4.69, 9.17) is 17.2 Å². The minimum Gasteiger partial charge on any atom is -0.477 e. The number of aromatic nitrogens is 4. The van der Waals surface area contributed by atoms with E-state index >= 15 is 0 Å². The van der Waals surface area contributed by atoms with Crippen molar-refractivity contribution in [3.05, 3.63) is 39.6 Å². The maximum atomic E-state index is 12.8. The van der Waals surface area contributed by atoms with Gasteiger partial charge >= 0.3 is 5.97 Å². The van der Waals surface area contributed by atoms with Crippen LogP contribution in [0.2, 0.25) is 0 Å². The number of fused-ring (bicyclic) bond motifs is 1. The highest BCUT2D eigenvalue weighted by Crippen LogP contribution is 2.41. The lowest BCUT2D eigenvalue weighted by Gasteiger charge is -2.49. The van der Waals surface area contributed by atoms with Crippen molar-refractivity contribution in [1.29, 1.82) is 0 Å². The number of carbonyl (C=O) groups excluding carboxylic acids is 2. The molecule has 18 heteroatoms. The lowest BCUT2D eigenvalue weighted by atomic mass is 10.0. The van der Waals surface area contributed by atoms with Gasteiger partial charge in [-0.3, -0.25) is 14.5 Å². The van der Waals surface area contributed by atoms with Crippen LogP contribution in [0.1, 0.15) is 11.9 Å². The Balaban J connectivity index is 1.48. The van der Waals surface area contributed by atoms with Gasteiger partial charge in [0.05, 0.1) is 0 Å². The molecule has 2 aromatic heterocycles. The summed E-state index contributed by atoms with van der Waals surface area (Å²) in [6.07, 6.45) is 1.55. The summed E-state index contributed by atoms with van der Waals surface area (Å²) in [7, 11) is 0. The second-order valence-electron chi connectivity index (χ2n) is 6.98. The molecule has 3 atom stereocenters. The van der Waals surface area contributed by atoms with Crippen molar-refractivity contribution in [1.82, 2.24) is 29.5 Å². The van der Waals surface area contributed by atoms with Crippen LogP contribution < -0.4 is 22.5 Å². The number of hydrogen-bond donors (Lipinski definition) is 5. The Kier molecular flexibility index (Phi) is 6.85. The van der Waals surface area contributed by atoms with Gasteiger partial charge in [0.2, 0.25) is 12.0 Å². The van der Waals surface area contributed by atoms with E-state index in [9.17, 15) is 24.4 Å². The third kappa shape index (κ3) is 4.88. The predicted octanol–water partition coefficient (Wildman–Crippen LogP) is -0.0732. The van der Waals surface area contributed by atoms with Crippen LogP contribution in [0.15, 0.2) is 39.0 Å². The molecule has 1 unspecified atom stereocenters. The summed E-state index contributed by atoms with van der Waals surface area (Å²) < 4.78 is 3.80. The van der Waals surface area contributed by atoms with Crippen LogP contribution >= 0.6 is 35.1 Å². The number of rotatable bonds is 8. The first-order chi connectivity index (χ1) is 16.7. The number of carboxylic acid groups (broad SMARTS) is 1. The van der Waals surface area contributed by atoms with Crippen LogP contribution in [-0.2, 0) is 14.4 Å². The molecule has 35 heavy (non-hydrogen) atoms. The zero-order valence-electron chi connectivity index (χ0n) is 17.4. The van der Waals surface area contributed by atoms with E-state index in [0.29, 0.717) is 10.6 Å². The number of nitrogen functional groups attached to an aromatic ring is 3. The highest BCUT2D eigenvalue weighted by molar-refractivity contribution is 8.02. The fraction of sp³-hybridized carbons (Fsp3) is 0.235. The zero-order valence-corrected chi connectivity index (χ0v) is 19.8. The van der Waals surface area contributed by atoms with Crippen molar-refractivity contribution in [3.63, 3.8) is 0 Å². The Morgan fingerprint density at radius 3 is 2.71 bits per heavy atom. The monoisotopic (exact) mass is 536 g/mol. The first kappa shape index (κ1) is 24.4. The number of amides is 2. The lowest BCUT2D eigenvalue weighted by molar-refractivity contribution is -0.150. The van der Waals surface area contributed by atoms with Crippen LogP contribution in [-0.4, -0.2) is 64.3 Å². The third-order valence-corrected chi connectivity index (χ3v) is 7.33. The smallest absolute Gasteiger partial charge is 0.352 e. The van der Waals surface area contributed by atoms with Crippen LogP contribution in [0.25, 0.3) is 0 Å². The second kappa shape index (κ2) is 9.84. The highest BCUT2D eigenvalue weighted by atomic mass is 32.2. The van der Waals surface area contributed by atoms with E-state index in [1.807, 2.05) is 0 Å². The summed E-state index contributed by atoms with van der Waals surface area (Å²) in [5.74, 6) is -2.57.